The van der Waals surface area contributed by atoms with E-state index in [2.05, 4.69) is 33.5 Å². The lowest BCUT2D eigenvalue weighted by molar-refractivity contribution is 0.451. The molecule has 0 saturated carbocycles. The molecular formula is C25H28ClFN6O. The quantitative estimate of drug-likeness (QED) is 0.576. The van der Waals surface area contributed by atoms with Crippen molar-refractivity contribution < 1.29 is 9.50 Å². The van der Waals surface area contributed by atoms with Crippen LogP contribution in [0.5, 0.6) is 5.88 Å². The zero-order valence-corrected chi connectivity index (χ0v) is 20.1. The largest absolute Gasteiger partial charge is 0.493 e. The Bertz CT molecular complexity index is 1180. The molecule has 7 nitrogen and oxygen atoms in total. The van der Waals surface area contributed by atoms with E-state index in [-0.39, 0.29) is 17.7 Å². The van der Waals surface area contributed by atoms with Crippen LogP contribution >= 0.6 is 11.6 Å². The molecule has 0 spiro atoms. The molecule has 2 saturated heterocycles. The summed E-state index contributed by atoms with van der Waals surface area (Å²) in [5.74, 6) is 1.85. The Morgan fingerprint density at radius 2 is 1.74 bits per heavy atom. The Kier molecular flexibility index (Phi) is 6.16. The summed E-state index contributed by atoms with van der Waals surface area (Å²) in [5.41, 5.74) is 1.65. The number of nitrogens with zero attached hydrogens (tertiary/aromatic N) is 6. The third kappa shape index (κ3) is 4.46. The predicted molar refractivity (Wildman–Crippen MR) is 133 cm³/mol. The fourth-order valence-electron chi connectivity index (χ4n) is 4.83. The van der Waals surface area contributed by atoms with Crippen LogP contribution in [0.4, 0.5) is 22.0 Å². The van der Waals surface area contributed by atoms with E-state index in [1.54, 1.807) is 18.2 Å². The van der Waals surface area contributed by atoms with Gasteiger partial charge in [0, 0.05) is 56.0 Å². The first-order valence-corrected chi connectivity index (χ1v) is 12.1. The fourth-order valence-corrected chi connectivity index (χ4v) is 5.05. The third-order valence-electron chi connectivity index (χ3n) is 6.68. The summed E-state index contributed by atoms with van der Waals surface area (Å²) >= 11 is 6.36. The number of aromatic hydroxyl groups is 1. The van der Waals surface area contributed by atoms with Gasteiger partial charge in [-0.2, -0.15) is 9.97 Å². The van der Waals surface area contributed by atoms with Crippen LogP contribution in [0.1, 0.15) is 26.7 Å². The van der Waals surface area contributed by atoms with E-state index in [0.29, 0.717) is 42.5 Å². The molecule has 3 aromatic rings. The topological polar surface area (TPSA) is 68.6 Å². The van der Waals surface area contributed by atoms with Crippen LogP contribution in [0.15, 0.2) is 42.5 Å². The molecule has 0 amide bonds. The van der Waals surface area contributed by atoms with Gasteiger partial charge in [0.05, 0.1) is 10.7 Å². The molecule has 0 bridgehead atoms. The first-order chi connectivity index (χ1) is 16.4. The monoisotopic (exact) mass is 482 g/mol. The number of aromatic nitrogens is 3. The number of hydrogen-bond acceptors (Lipinski definition) is 7. The number of rotatable bonds is 4. The molecule has 5 rings (SSSR count). The second kappa shape index (κ2) is 9.25. The minimum atomic E-state index is -0.268. The predicted octanol–water partition coefficient (Wildman–Crippen LogP) is 4.74. The normalized spacial score (nSPS) is 20.8. The molecule has 0 aliphatic carbocycles. The van der Waals surface area contributed by atoms with Gasteiger partial charge in [-0.25, -0.2) is 9.37 Å². The van der Waals surface area contributed by atoms with Gasteiger partial charge in [-0.1, -0.05) is 11.6 Å². The van der Waals surface area contributed by atoms with Gasteiger partial charge in [0.15, 0.2) is 5.82 Å². The number of benzene rings is 1. The van der Waals surface area contributed by atoms with Crippen LogP contribution in [-0.2, 0) is 0 Å². The van der Waals surface area contributed by atoms with Crippen LogP contribution in [0.25, 0.3) is 11.3 Å². The van der Waals surface area contributed by atoms with Crippen LogP contribution in [0.3, 0.4) is 0 Å². The van der Waals surface area contributed by atoms with Gasteiger partial charge in [-0.15, -0.1) is 0 Å². The van der Waals surface area contributed by atoms with Crippen molar-refractivity contribution in [3.63, 3.8) is 0 Å². The van der Waals surface area contributed by atoms with Gasteiger partial charge in [0.25, 0.3) is 0 Å². The van der Waals surface area contributed by atoms with Crippen molar-refractivity contribution in [1.82, 2.24) is 15.0 Å². The Morgan fingerprint density at radius 3 is 2.44 bits per heavy atom. The summed E-state index contributed by atoms with van der Waals surface area (Å²) in [6.07, 6.45) is 2.24. The van der Waals surface area contributed by atoms with Crippen molar-refractivity contribution in [2.24, 2.45) is 0 Å². The molecule has 2 aliphatic heterocycles. The van der Waals surface area contributed by atoms with Gasteiger partial charge < -0.3 is 19.8 Å². The van der Waals surface area contributed by atoms with Gasteiger partial charge in [0.2, 0.25) is 11.8 Å². The molecule has 1 aromatic carbocycles. The molecule has 0 radical (unpaired) electrons. The van der Waals surface area contributed by atoms with E-state index >= 15 is 0 Å². The maximum Gasteiger partial charge on any atom is 0.228 e. The highest BCUT2D eigenvalue weighted by molar-refractivity contribution is 6.33. The van der Waals surface area contributed by atoms with E-state index in [1.807, 2.05) is 6.07 Å². The Labute approximate surface area is 203 Å². The summed E-state index contributed by atoms with van der Waals surface area (Å²) in [6, 6.07) is 12.1. The summed E-state index contributed by atoms with van der Waals surface area (Å²) in [7, 11) is 0. The number of piperazine rings is 1. The highest BCUT2D eigenvalue weighted by Gasteiger charge is 2.29. The third-order valence-corrected chi connectivity index (χ3v) is 6.98. The highest BCUT2D eigenvalue weighted by Crippen LogP contribution is 2.32. The molecule has 9 heteroatoms. The van der Waals surface area contributed by atoms with Crippen LogP contribution in [0.2, 0.25) is 5.02 Å². The Hall–Kier alpha value is -3.13. The van der Waals surface area contributed by atoms with E-state index in [1.165, 1.54) is 18.2 Å². The van der Waals surface area contributed by atoms with Crippen LogP contribution < -0.4 is 14.7 Å². The molecule has 2 aromatic heterocycles. The first kappa shape index (κ1) is 22.7. The number of hydrogen-bond donors (Lipinski definition) is 1. The second-order valence-electron chi connectivity index (χ2n) is 9.07. The second-order valence-corrected chi connectivity index (χ2v) is 9.47. The zero-order chi connectivity index (χ0) is 23.8. The number of anilines is 3. The lowest BCUT2D eigenvalue weighted by Gasteiger charge is -2.41. The van der Waals surface area contributed by atoms with Crippen molar-refractivity contribution in [2.75, 3.05) is 40.9 Å². The van der Waals surface area contributed by atoms with Crippen molar-refractivity contribution in [1.29, 1.82) is 0 Å². The fraction of sp³-hybridized carbons (Fsp3) is 0.400. The smallest absolute Gasteiger partial charge is 0.228 e. The maximum atomic E-state index is 13.5. The maximum absolute atomic E-state index is 13.5. The zero-order valence-electron chi connectivity index (χ0n) is 19.3. The van der Waals surface area contributed by atoms with Crippen molar-refractivity contribution in [3.05, 3.63) is 53.3 Å². The van der Waals surface area contributed by atoms with Crippen molar-refractivity contribution in [2.45, 2.75) is 38.8 Å². The van der Waals surface area contributed by atoms with E-state index in [9.17, 15) is 9.50 Å². The molecule has 2 fully saturated rings. The lowest BCUT2D eigenvalue weighted by Crippen LogP contribution is -2.52. The van der Waals surface area contributed by atoms with Gasteiger partial charge in [-0.3, -0.25) is 0 Å². The lowest BCUT2D eigenvalue weighted by atomic mass is 10.1. The average Bonchev–Trinajstić information content (AvgIpc) is 3.26. The standard InChI is InChI=1S/C25H28ClFN6O/c1-16-4-3-11-33(16)25-28-21(18-5-7-19(27)8-6-18)14-22(29-25)32-13-12-31(15-17(32)2)24-20(26)9-10-23(34)30-24/h5-10,14,16-17H,3-4,11-13,15H2,1-2H3,(H,30,34)/t16?,17-/m1/s1. The van der Waals surface area contributed by atoms with E-state index in [0.717, 1.165) is 36.5 Å². The van der Waals surface area contributed by atoms with Crippen molar-refractivity contribution in [3.8, 4) is 17.1 Å². The molecule has 4 heterocycles. The van der Waals surface area contributed by atoms with Gasteiger partial charge >= 0.3 is 0 Å². The minimum absolute atomic E-state index is 0.0430. The molecular weight excluding hydrogens is 455 g/mol. The van der Waals surface area contributed by atoms with E-state index in [4.69, 9.17) is 21.6 Å². The average molecular weight is 483 g/mol. The summed E-state index contributed by atoms with van der Waals surface area (Å²) in [6.45, 7) is 7.35. The SMILES string of the molecule is CC1CCCN1c1nc(-c2ccc(F)cc2)cc(N2CCN(c3nc(O)ccc3Cl)C[C@H]2C)n1. The number of halogens is 2. The molecule has 1 N–H and O–H groups in total. The Morgan fingerprint density at radius 1 is 0.941 bits per heavy atom. The minimum Gasteiger partial charge on any atom is -0.493 e. The number of pyridine rings is 1. The van der Waals surface area contributed by atoms with Crippen molar-refractivity contribution >= 4 is 29.2 Å². The molecule has 2 aliphatic rings. The molecule has 34 heavy (non-hydrogen) atoms. The first-order valence-electron chi connectivity index (χ1n) is 11.7. The molecule has 178 valence electrons. The van der Waals surface area contributed by atoms with E-state index < -0.39 is 0 Å². The van der Waals surface area contributed by atoms with Gasteiger partial charge in [0.1, 0.15) is 11.6 Å². The summed E-state index contributed by atoms with van der Waals surface area (Å²) in [5, 5.41) is 10.3. The van der Waals surface area contributed by atoms with Crippen LogP contribution in [0, 0.1) is 5.82 Å². The summed E-state index contributed by atoms with van der Waals surface area (Å²) < 4.78 is 13.5. The Balaban J connectivity index is 1.47. The summed E-state index contributed by atoms with van der Waals surface area (Å²) in [4.78, 5) is 20.7. The molecule has 1 unspecified atom stereocenters. The van der Waals surface area contributed by atoms with Gasteiger partial charge in [-0.05, 0) is 57.0 Å². The molecule has 2 atom stereocenters. The van der Waals surface area contributed by atoms with Crippen LogP contribution in [-0.4, -0.2) is 58.3 Å². The highest BCUT2D eigenvalue weighted by atomic mass is 35.5.